The number of hydrogen-bond donors (Lipinski definition) is 0. The maximum atomic E-state index is 10.7. The Hall–Kier alpha value is -0.207. The average molecular weight is 364 g/mol. The summed E-state index contributed by atoms with van der Waals surface area (Å²) in [7, 11) is -4.97. The fraction of sp³-hybridized carbons (Fsp3) is 0.600. The number of aryl methyl sites for hydroxylation is 1. The first-order chi connectivity index (χ1) is 9.53. The molecule has 6 heteroatoms. The Morgan fingerprint density at radius 3 is 2.19 bits per heavy atom. The van der Waals surface area contributed by atoms with Gasteiger partial charge in [0.1, 0.15) is 13.6 Å². The Morgan fingerprint density at radius 1 is 1.00 bits per heavy atom. The molecule has 0 aliphatic rings. The van der Waals surface area contributed by atoms with Crippen molar-refractivity contribution < 1.29 is 38.4 Å². The van der Waals surface area contributed by atoms with Crippen LogP contribution in [0.4, 0.5) is 0 Å². The van der Waals surface area contributed by atoms with E-state index in [4.69, 9.17) is 0 Å². The predicted molar refractivity (Wildman–Crippen MR) is 76.4 cm³/mol. The smallest absolute Gasteiger partial charge is 0.780 e. The summed E-state index contributed by atoms with van der Waals surface area (Å²) in [5.74, 6) is 0.173. The van der Waals surface area contributed by atoms with E-state index in [2.05, 4.69) is 11.4 Å². The molecule has 0 N–H and O–H groups in total. The topological polar surface area (TPSA) is 72.4 Å². The van der Waals surface area contributed by atoms with Gasteiger partial charge in [-0.25, -0.2) is 0 Å². The van der Waals surface area contributed by atoms with Gasteiger partial charge in [-0.3, -0.25) is 0 Å². The van der Waals surface area contributed by atoms with Crippen LogP contribution in [0.25, 0.3) is 0 Å². The third-order valence-electron chi connectivity index (χ3n) is 3.23. The van der Waals surface area contributed by atoms with Gasteiger partial charge >= 0.3 is 19.5 Å². The third-order valence-corrected chi connectivity index (χ3v) is 3.65. The first kappa shape index (κ1) is 20.8. The van der Waals surface area contributed by atoms with Crippen molar-refractivity contribution in [3.63, 3.8) is 0 Å². The number of benzene rings is 1. The SMILES string of the molecule is CCCCCCCCCc1ccccc1OP(=O)([O-])[O-].[Zn+2]. The van der Waals surface area contributed by atoms with E-state index in [1.54, 1.807) is 6.07 Å². The van der Waals surface area contributed by atoms with Crippen LogP contribution in [0.1, 0.15) is 57.4 Å². The molecular formula is C15H23O4PZn. The number of unbranched alkanes of at least 4 members (excludes halogenated alkanes) is 6. The Bertz CT molecular complexity index is 433. The van der Waals surface area contributed by atoms with Gasteiger partial charge in [0.15, 0.2) is 0 Å². The van der Waals surface area contributed by atoms with Gasteiger partial charge in [0.05, 0.1) is 0 Å². The van der Waals surface area contributed by atoms with E-state index >= 15 is 0 Å². The molecule has 0 aliphatic heterocycles. The number of hydrogen-bond acceptors (Lipinski definition) is 4. The van der Waals surface area contributed by atoms with Crippen LogP contribution in [0.3, 0.4) is 0 Å². The van der Waals surface area contributed by atoms with Gasteiger partial charge in [-0.2, -0.15) is 0 Å². The molecule has 4 nitrogen and oxygen atoms in total. The van der Waals surface area contributed by atoms with Gasteiger partial charge in [-0.1, -0.05) is 63.6 Å². The van der Waals surface area contributed by atoms with Gasteiger partial charge in [0.2, 0.25) is 0 Å². The molecule has 0 amide bonds. The van der Waals surface area contributed by atoms with Gasteiger partial charge in [-0.05, 0) is 24.5 Å². The molecule has 0 heterocycles. The van der Waals surface area contributed by atoms with Crippen LogP contribution in [0.5, 0.6) is 5.75 Å². The van der Waals surface area contributed by atoms with E-state index < -0.39 is 7.82 Å². The largest absolute Gasteiger partial charge is 2.00 e. The van der Waals surface area contributed by atoms with Crippen LogP contribution in [0.2, 0.25) is 0 Å². The van der Waals surface area contributed by atoms with Crippen LogP contribution >= 0.6 is 7.82 Å². The van der Waals surface area contributed by atoms with Gasteiger partial charge in [0.25, 0.3) is 0 Å². The minimum Gasteiger partial charge on any atom is -0.780 e. The molecule has 0 radical (unpaired) electrons. The summed E-state index contributed by atoms with van der Waals surface area (Å²) in [6, 6.07) is 6.82. The van der Waals surface area contributed by atoms with E-state index in [0.29, 0.717) is 0 Å². The van der Waals surface area contributed by atoms with Crippen molar-refractivity contribution in [2.45, 2.75) is 58.3 Å². The zero-order valence-electron chi connectivity index (χ0n) is 12.8. The first-order valence-corrected chi connectivity index (χ1v) is 8.78. The second-order valence-corrected chi connectivity index (χ2v) is 6.09. The van der Waals surface area contributed by atoms with E-state index in [-0.39, 0.29) is 25.2 Å². The zero-order valence-corrected chi connectivity index (χ0v) is 16.6. The molecule has 1 aromatic rings. The molecule has 0 bridgehead atoms. The van der Waals surface area contributed by atoms with Crippen molar-refractivity contribution in [2.75, 3.05) is 0 Å². The summed E-state index contributed by atoms with van der Waals surface area (Å²) >= 11 is 0. The Morgan fingerprint density at radius 2 is 1.57 bits per heavy atom. The summed E-state index contributed by atoms with van der Waals surface area (Å²) in [5.41, 5.74) is 0.785. The van der Waals surface area contributed by atoms with Crippen LogP contribution in [0.15, 0.2) is 24.3 Å². The molecular weight excluding hydrogens is 341 g/mol. The number of rotatable bonds is 10. The minimum absolute atomic E-state index is 0. The molecule has 0 unspecified atom stereocenters. The Kier molecular flexibility index (Phi) is 11.3. The number of phosphoric acid groups is 1. The maximum absolute atomic E-state index is 10.7. The van der Waals surface area contributed by atoms with Crippen LogP contribution < -0.4 is 14.3 Å². The molecule has 0 fully saturated rings. The van der Waals surface area contributed by atoms with Crippen molar-refractivity contribution in [1.82, 2.24) is 0 Å². The standard InChI is InChI=1S/C15H25O4P.Zn/c1-2-3-4-5-6-7-8-11-14-12-9-10-13-15(14)19-20(16,17)18;/h9-10,12-13H,2-8,11H2,1H3,(H2,16,17,18);/q;+2/p-2. The first-order valence-electron chi connectivity index (χ1n) is 7.32. The summed E-state index contributed by atoms with van der Waals surface area (Å²) in [6.07, 6.45) is 9.11. The van der Waals surface area contributed by atoms with Crippen LogP contribution in [-0.2, 0) is 30.5 Å². The molecule has 1 rings (SSSR count). The molecule has 0 spiro atoms. The van der Waals surface area contributed by atoms with Crippen molar-refractivity contribution in [3.05, 3.63) is 29.8 Å². The molecule has 0 atom stereocenters. The Balaban J connectivity index is 0.00000400. The van der Waals surface area contributed by atoms with Crippen molar-refractivity contribution in [2.24, 2.45) is 0 Å². The molecule has 0 aromatic heterocycles. The fourth-order valence-electron chi connectivity index (χ4n) is 2.19. The molecule has 0 aliphatic carbocycles. The fourth-order valence-corrected chi connectivity index (χ4v) is 2.61. The predicted octanol–water partition coefficient (Wildman–Crippen LogP) is 3.18. The van der Waals surface area contributed by atoms with E-state index in [0.717, 1.165) is 24.8 Å². The second-order valence-electron chi connectivity index (χ2n) is 5.02. The summed E-state index contributed by atoms with van der Waals surface area (Å²) < 4.78 is 15.2. The van der Waals surface area contributed by atoms with E-state index in [1.165, 1.54) is 38.2 Å². The molecule has 21 heavy (non-hydrogen) atoms. The van der Waals surface area contributed by atoms with Crippen molar-refractivity contribution in [1.29, 1.82) is 0 Å². The quantitative estimate of drug-likeness (QED) is 0.363. The monoisotopic (exact) mass is 362 g/mol. The van der Waals surface area contributed by atoms with E-state index in [9.17, 15) is 14.4 Å². The van der Waals surface area contributed by atoms with Gasteiger partial charge in [0, 0.05) is 0 Å². The number of phosphoric ester groups is 1. The summed E-state index contributed by atoms with van der Waals surface area (Å²) in [5, 5.41) is 0. The van der Waals surface area contributed by atoms with Crippen LogP contribution in [0, 0.1) is 0 Å². The second kappa shape index (κ2) is 11.4. The third kappa shape index (κ3) is 10.2. The van der Waals surface area contributed by atoms with Crippen molar-refractivity contribution >= 4 is 7.82 Å². The Labute approximate surface area is 140 Å². The summed E-state index contributed by atoms with van der Waals surface area (Å²) in [4.78, 5) is 21.4. The summed E-state index contributed by atoms with van der Waals surface area (Å²) in [6.45, 7) is 2.20. The number of para-hydroxylation sites is 1. The normalized spacial score (nSPS) is 11.0. The van der Waals surface area contributed by atoms with E-state index in [1.807, 2.05) is 12.1 Å². The molecule has 0 saturated carbocycles. The molecule has 114 valence electrons. The van der Waals surface area contributed by atoms with Gasteiger partial charge < -0.3 is 18.9 Å². The van der Waals surface area contributed by atoms with Crippen LogP contribution in [-0.4, -0.2) is 0 Å². The molecule has 0 saturated heterocycles. The van der Waals surface area contributed by atoms with Gasteiger partial charge in [-0.15, -0.1) is 0 Å². The molecule has 1 aromatic carbocycles. The van der Waals surface area contributed by atoms with Crippen molar-refractivity contribution in [3.8, 4) is 5.75 Å². The average Bonchev–Trinajstić information content (AvgIpc) is 2.38. The zero-order chi connectivity index (χ0) is 14.8. The minimum atomic E-state index is -4.97. The maximum Gasteiger partial charge on any atom is 2.00 e.